The van der Waals surface area contributed by atoms with Crippen LogP contribution in [-0.4, -0.2) is 4.98 Å². The van der Waals surface area contributed by atoms with Crippen LogP contribution in [0.4, 0.5) is 0 Å². The van der Waals surface area contributed by atoms with Crippen LogP contribution in [0.25, 0.3) is 22.0 Å². The fourth-order valence-electron chi connectivity index (χ4n) is 2.19. The van der Waals surface area contributed by atoms with Crippen molar-refractivity contribution in [3.63, 3.8) is 0 Å². The van der Waals surface area contributed by atoms with Gasteiger partial charge in [0.15, 0.2) is 5.43 Å². The summed E-state index contributed by atoms with van der Waals surface area (Å²) in [6.45, 7) is 1.89. The highest BCUT2D eigenvalue weighted by Crippen LogP contribution is 2.21. The van der Waals surface area contributed by atoms with E-state index in [0.717, 1.165) is 27.7 Å². The van der Waals surface area contributed by atoms with Crippen molar-refractivity contribution in [3.05, 3.63) is 70.5 Å². The van der Waals surface area contributed by atoms with Crippen LogP contribution in [0.3, 0.4) is 0 Å². The molecule has 0 fully saturated rings. The Hall–Kier alpha value is -2.35. The number of aromatic nitrogens is 1. The second-order valence-corrected chi connectivity index (χ2v) is 4.44. The van der Waals surface area contributed by atoms with Crippen molar-refractivity contribution in [1.82, 2.24) is 4.98 Å². The summed E-state index contributed by atoms with van der Waals surface area (Å²) in [6, 6.07) is 17.7. The van der Waals surface area contributed by atoms with E-state index in [1.54, 1.807) is 6.07 Å². The van der Waals surface area contributed by atoms with Crippen molar-refractivity contribution < 1.29 is 0 Å². The fraction of sp³-hybridized carbons (Fsp3) is 0.0625. The van der Waals surface area contributed by atoms with Gasteiger partial charge in [0.1, 0.15) is 0 Å². The molecule has 0 radical (unpaired) electrons. The molecular formula is C16H13NO. The molecule has 88 valence electrons. The summed E-state index contributed by atoms with van der Waals surface area (Å²) in [5, 5.41) is 0.738. The highest BCUT2D eigenvalue weighted by molar-refractivity contribution is 5.84. The molecule has 0 atom stereocenters. The van der Waals surface area contributed by atoms with Crippen LogP contribution in [0.15, 0.2) is 59.4 Å². The van der Waals surface area contributed by atoms with Crippen LogP contribution < -0.4 is 5.43 Å². The number of aromatic amines is 1. The maximum atomic E-state index is 12.0. The molecule has 0 amide bonds. The second kappa shape index (κ2) is 4.15. The molecule has 2 aromatic carbocycles. The largest absolute Gasteiger partial charge is 0.358 e. The standard InChI is InChI=1S/C16H13NO/c1-11-9-16(18)14-10-13(7-8-15(14)17-11)12-5-3-2-4-6-12/h2-10H,1H3,(H,17,18). The lowest BCUT2D eigenvalue weighted by molar-refractivity contribution is 1.24. The predicted octanol–water partition coefficient (Wildman–Crippen LogP) is 3.50. The highest BCUT2D eigenvalue weighted by atomic mass is 16.1. The van der Waals surface area contributed by atoms with E-state index in [9.17, 15) is 4.79 Å². The number of hydrogen-bond donors (Lipinski definition) is 1. The third kappa shape index (κ3) is 1.82. The third-order valence-electron chi connectivity index (χ3n) is 3.07. The molecule has 0 bridgehead atoms. The molecule has 2 nitrogen and oxygen atoms in total. The van der Waals surface area contributed by atoms with Crippen LogP contribution in [-0.2, 0) is 0 Å². The molecule has 2 heteroatoms. The van der Waals surface area contributed by atoms with Crippen LogP contribution >= 0.6 is 0 Å². The summed E-state index contributed by atoms with van der Waals surface area (Å²) in [4.78, 5) is 15.2. The first-order valence-electron chi connectivity index (χ1n) is 5.93. The zero-order chi connectivity index (χ0) is 12.5. The van der Waals surface area contributed by atoms with Gasteiger partial charge in [-0.05, 0) is 30.2 Å². The number of nitrogens with one attached hydrogen (secondary N) is 1. The van der Waals surface area contributed by atoms with E-state index < -0.39 is 0 Å². The normalized spacial score (nSPS) is 10.7. The maximum absolute atomic E-state index is 12.0. The number of pyridine rings is 1. The monoisotopic (exact) mass is 235 g/mol. The van der Waals surface area contributed by atoms with Gasteiger partial charge in [0.2, 0.25) is 0 Å². The van der Waals surface area contributed by atoms with Crippen molar-refractivity contribution in [1.29, 1.82) is 0 Å². The van der Waals surface area contributed by atoms with E-state index in [-0.39, 0.29) is 5.43 Å². The smallest absolute Gasteiger partial charge is 0.189 e. The van der Waals surface area contributed by atoms with Gasteiger partial charge in [0.05, 0.1) is 0 Å². The molecule has 0 aliphatic rings. The minimum Gasteiger partial charge on any atom is -0.358 e. The fourth-order valence-corrected chi connectivity index (χ4v) is 2.19. The van der Waals surface area contributed by atoms with E-state index in [1.807, 2.05) is 55.5 Å². The Kier molecular flexibility index (Phi) is 2.49. The van der Waals surface area contributed by atoms with Gasteiger partial charge in [-0.3, -0.25) is 4.79 Å². The molecular weight excluding hydrogens is 222 g/mol. The Labute approximate surface area is 105 Å². The molecule has 1 heterocycles. The molecule has 18 heavy (non-hydrogen) atoms. The molecule has 3 aromatic rings. The SMILES string of the molecule is Cc1cc(=O)c2cc(-c3ccccc3)ccc2[nH]1. The van der Waals surface area contributed by atoms with Crippen molar-refractivity contribution in [2.45, 2.75) is 6.92 Å². The Bertz CT molecular complexity index is 757. The minimum atomic E-state index is 0.0685. The van der Waals surface area contributed by atoms with E-state index in [1.165, 1.54) is 0 Å². The number of benzene rings is 2. The number of H-pyrrole nitrogens is 1. The molecule has 1 aromatic heterocycles. The third-order valence-corrected chi connectivity index (χ3v) is 3.07. The van der Waals surface area contributed by atoms with E-state index >= 15 is 0 Å². The predicted molar refractivity (Wildman–Crippen MR) is 74.7 cm³/mol. The van der Waals surface area contributed by atoms with Crippen LogP contribution in [0.5, 0.6) is 0 Å². The zero-order valence-electron chi connectivity index (χ0n) is 10.1. The highest BCUT2D eigenvalue weighted by Gasteiger charge is 2.03. The van der Waals surface area contributed by atoms with E-state index in [0.29, 0.717) is 0 Å². The molecule has 3 rings (SSSR count). The van der Waals surface area contributed by atoms with Gasteiger partial charge in [-0.1, -0.05) is 36.4 Å². The lowest BCUT2D eigenvalue weighted by Crippen LogP contribution is -2.02. The first-order valence-corrected chi connectivity index (χ1v) is 5.93. The van der Waals surface area contributed by atoms with Gasteiger partial charge < -0.3 is 4.98 Å². The molecule has 0 saturated carbocycles. The average Bonchev–Trinajstić information content (AvgIpc) is 2.39. The van der Waals surface area contributed by atoms with E-state index in [4.69, 9.17) is 0 Å². The topological polar surface area (TPSA) is 32.9 Å². The Morgan fingerprint density at radius 3 is 2.44 bits per heavy atom. The summed E-state index contributed by atoms with van der Waals surface area (Å²) in [5.74, 6) is 0. The van der Waals surface area contributed by atoms with Gasteiger partial charge in [-0.25, -0.2) is 0 Å². The van der Waals surface area contributed by atoms with Gasteiger partial charge >= 0.3 is 0 Å². The van der Waals surface area contributed by atoms with Gasteiger partial charge in [0, 0.05) is 22.7 Å². The Balaban J connectivity index is 2.27. The molecule has 0 aliphatic heterocycles. The number of rotatable bonds is 1. The Morgan fingerprint density at radius 2 is 1.67 bits per heavy atom. The quantitative estimate of drug-likeness (QED) is 0.688. The molecule has 0 spiro atoms. The number of aryl methyl sites for hydroxylation is 1. The minimum absolute atomic E-state index is 0.0685. The van der Waals surface area contributed by atoms with Gasteiger partial charge in [-0.2, -0.15) is 0 Å². The zero-order valence-corrected chi connectivity index (χ0v) is 10.1. The van der Waals surface area contributed by atoms with Crippen molar-refractivity contribution >= 4 is 10.9 Å². The van der Waals surface area contributed by atoms with Crippen LogP contribution in [0, 0.1) is 6.92 Å². The van der Waals surface area contributed by atoms with Gasteiger partial charge in [-0.15, -0.1) is 0 Å². The van der Waals surface area contributed by atoms with Crippen molar-refractivity contribution in [3.8, 4) is 11.1 Å². The van der Waals surface area contributed by atoms with Gasteiger partial charge in [0.25, 0.3) is 0 Å². The first-order chi connectivity index (χ1) is 8.74. The van der Waals surface area contributed by atoms with E-state index in [2.05, 4.69) is 4.98 Å². The summed E-state index contributed by atoms with van der Waals surface area (Å²) in [5.41, 5.74) is 4.04. The lowest BCUT2D eigenvalue weighted by Gasteiger charge is -2.04. The van der Waals surface area contributed by atoms with Crippen LogP contribution in [0.2, 0.25) is 0 Å². The summed E-state index contributed by atoms with van der Waals surface area (Å²) >= 11 is 0. The number of fused-ring (bicyclic) bond motifs is 1. The number of hydrogen-bond acceptors (Lipinski definition) is 1. The van der Waals surface area contributed by atoms with Crippen LogP contribution in [0.1, 0.15) is 5.69 Å². The lowest BCUT2D eigenvalue weighted by atomic mass is 10.0. The molecule has 0 aliphatic carbocycles. The summed E-state index contributed by atoms with van der Waals surface area (Å²) < 4.78 is 0. The second-order valence-electron chi connectivity index (χ2n) is 4.44. The first kappa shape index (κ1) is 10.8. The summed E-state index contributed by atoms with van der Waals surface area (Å²) in [6.07, 6.45) is 0. The van der Waals surface area contributed by atoms with Crippen molar-refractivity contribution in [2.75, 3.05) is 0 Å². The van der Waals surface area contributed by atoms with Crippen molar-refractivity contribution in [2.24, 2.45) is 0 Å². The molecule has 1 N–H and O–H groups in total. The molecule has 0 saturated heterocycles. The Morgan fingerprint density at radius 1 is 0.889 bits per heavy atom. The summed E-state index contributed by atoms with van der Waals surface area (Å²) in [7, 11) is 0. The average molecular weight is 235 g/mol. The molecule has 0 unspecified atom stereocenters. The maximum Gasteiger partial charge on any atom is 0.189 e.